The third kappa shape index (κ3) is 6.30. The first-order valence-electron chi connectivity index (χ1n) is 10.2. The predicted octanol–water partition coefficient (Wildman–Crippen LogP) is 3.60. The van der Waals surface area contributed by atoms with Crippen molar-refractivity contribution in [3.8, 4) is 11.5 Å². The van der Waals surface area contributed by atoms with Gasteiger partial charge in [0.15, 0.2) is 17.5 Å². The molecule has 1 saturated heterocycles. The van der Waals surface area contributed by atoms with Crippen LogP contribution in [0.3, 0.4) is 0 Å². The van der Waals surface area contributed by atoms with Gasteiger partial charge < -0.3 is 24.8 Å². The Morgan fingerprint density at radius 3 is 2.57 bits per heavy atom. The molecule has 1 heterocycles. The van der Waals surface area contributed by atoms with Crippen LogP contribution in [0.4, 0.5) is 0 Å². The van der Waals surface area contributed by atoms with E-state index >= 15 is 0 Å². The Kier molecular flexibility index (Phi) is 8.42. The van der Waals surface area contributed by atoms with Crippen molar-refractivity contribution in [2.75, 3.05) is 33.9 Å². The van der Waals surface area contributed by atoms with Crippen molar-refractivity contribution in [1.29, 1.82) is 0 Å². The Labute approximate surface area is 170 Å². The van der Waals surface area contributed by atoms with Crippen LogP contribution in [-0.2, 0) is 11.3 Å². The first-order chi connectivity index (χ1) is 13.4. The number of nitrogens with one attached hydrogen (secondary N) is 2. The number of guanidine groups is 1. The minimum atomic E-state index is 0.141. The summed E-state index contributed by atoms with van der Waals surface area (Å²) in [4.78, 5) is 4.74. The van der Waals surface area contributed by atoms with E-state index in [4.69, 9.17) is 19.2 Å². The zero-order valence-corrected chi connectivity index (χ0v) is 18.3. The van der Waals surface area contributed by atoms with Crippen LogP contribution in [0, 0.1) is 11.3 Å². The molecule has 0 aromatic heterocycles. The number of ether oxygens (including phenoxy) is 3. The highest BCUT2D eigenvalue weighted by Gasteiger charge is 2.35. The molecular formula is C22H37N3O3. The van der Waals surface area contributed by atoms with Crippen LogP contribution in [0.2, 0.25) is 0 Å². The van der Waals surface area contributed by atoms with Crippen molar-refractivity contribution in [2.45, 2.75) is 53.2 Å². The zero-order valence-electron chi connectivity index (χ0n) is 18.3. The molecule has 0 spiro atoms. The van der Waals surface area contributed by atoms with Gasteiger partial charge in [-0.3, -0.25) is 0 Å². The zero-order chi connectivity index (χ0) is 20.6. The molecule has 2 atom stereocenters. The van der Waals surface area contributed by atoms with E-state index in [1.807, 2.05) is 18.2 Å². The van der Waals surface area contributed by atoms with E-state index in [0.29, 0.717) is 12.5 Å². The van der Waals surface area contributed by atoms with Gasteiger partial charge in [0.25, 0.3) is 0 Å². The summed E-state index contributed by atoms with van der Waals surface area (Å²) in [5, 5.41) is 6.86. The Bertz CT molecular complexity index is 640. The molecule has 1 aliphatic rings. The van der Waals surface area contributed by atoms with Gasteiger partial charge in [0, 0.05) is 25.6 Å². The molecule has 6 nitrogen and oxygen atoms in total. The van der Waals surface area contributed by atoms with Gasteiger partial charge in [-0.2, -0.15) is 0 Å². The highest BCUT2D eigenvalue weighted by Crippen LogP contribution is 2.33. The highest BCUT2D eigenvalue weighted by molar-refractivity contribution is 5.79. The highest BCUT2D eigenvalue weighted by atomic mass is 16.5. The third-order valence-corrected chi connectivity index (χ3v) is 5.04. The van der Waals surface area contributed by atoms with Gasteiger partial charge >= 0.3 is 0 Å². The van der Waals surface area contributed by atoms with Crippen molar-refractivity contribution in [2.24, 2.45) is 16.3 Å². The number of hydrogen-bond donors (Lipinski definition) is 2. The van der Waals surface area contributed by atoms with Gasteiger partial charge in [-0.15, -0.1) is 0 Å². The fourth-order valence-electron chi connectivity index (χ4n) is 3.73. The summed E-state index contributed by atoms with van der Waals surface area (Å²) in [5.41, 5.74) is 1.21. The Balaban J connectivity index is 2.02. The van der Waals surface area contributed by atoms with Gasteiger partial charge in [-0.1, -0.05) is 26.8 Å². The average Bonchev–Trinajstić information content (AvgIpc) is 2.69. The Morgan fingerprint density at radius 1 is 1.18 bits per heavy atom. The summed E-state index contributed by atoms with van der Waals surface area (Å²) in [7, 11) is 3.29. The lowest BCUT2D eigenvalue weighted by atomic mass is 9.78. The Hall–Kier alpha value is -1.95. The molecule has 0 amide bonds. The van der Waals surface area contributed by atoms with Crippen LogP contribution in [-0.4, -0.2) is 46.0 Å². The van der Waals surface area contributed by atoms with Crippen LogP contribution in [0.25, 0.3) is 0 Å². The average molecular weight is 392 g/mol. The summed E-state index contributed by atoms with van der Waals surface area (Å²) in [6, 6.07) is 5.90. The lowest BCUT2D eigenvalue weighted by Crippen LogP contribution is -2.47. The Morgan fingerprint density at radius 2 is 1.93 bits per heavy atom. The van der Waals surface area contributed by atoms with Crippen LogP contribution in [0.1, 0.15) is 46.1 Å². The van der Waals surface area contributed by atoms with Gasteiger partial charge in [0.05, 0.1) is 26.9 Å². The van der Waals surface area contributed by atoms with Crippen LogP contribution < -0.4 is 20.1 Å². The maximum atomic E-state index is 6.10. The largest absolute Gasteiger partial charge is 0.493 e. The fourth-order valence-corrected chi connectivity index (χ4v) is 3.73. The fraction of sp³-hybridized carbons (Fsp3) is 0.682. The molecule has 28 heavy (non-hydrogen) atoms. The smallest absolute Gasteiger partial charge is 0.191 e. The summed E-state index contributed by atoms with van der Waals surface area (Å²) >= 11 is 0. The van der Waals surface area contributed by atoms with E-state index in [0.717, 1.165) is 49.1 Å². The number of rotatable bonds is 7. The molecule has 2 unspecified atom stereocenters. The normalized spacial score (nSPS) is 20.6. The van der Waals surface area contributed by atoms with E-state index in [2.05, 4.69) is 38.3 Å². The molecule has 1 aromatic rings. The van der Waals surface area contributed by atoms with Crippen molar-refractivity contribution in [1.82, 2.24) is 10.6 Å². The third-order valence-electron chi connectivity index (χ3n) is 5.04. The van der Waals surface area contributed by atoms with Gasteiger partial charge in [0.2, 0.25) is 0 Å². The lowest BCUT2D eigenvalue weighted by molar-refractivity contribution is -0.0835. The predicted molar refractivity (Wildman–Crippen MR) is 114 cm³/mol. The van der Waals surface area contributed by atoms with Gasteiger partial charge in [0.1, 0.15) is 0 Å². The summed E-state index contributed by atoms with van der Waals surface area (Å²) in [6.07, 6.45) is 2.57. The van der Waals surface area contributed by atoms with Crippen molar-refractivity contribution < 1.29 is 14.2 Å². The molecule has 0 radical (unpaired) electrons. The SMILES string of the molecule is CCNC(=NCc1ccc(OC)c(OC)c1)NCC1CCCOC1C(C)(C)C. The van der Waals surface area contributed by atoms with E-state index in [9.17, 15) is 0 Å². The number of aliphatic imine (C=N–C) groups is 1. The quantitative estimate of drug-likeness (QED) is 0.549. The first kappa shape index (κ1) is 22.3. The molecular weight excluding hydrogens is 354 g/mol. The van der Waals surface area contributed by atoms with Gasteiger partial charge in [-0.05, 0) is 42.9 Å². The second-order valence-corrected chi connectivity index (χ2v) is 8.33. The van der Waals surface area contributed by atoms with E-state index in [1.165, 1.54) is 6.42 Å². The first-order valence-corrected chi connectivity index (χ1v) is 10.2. The molecule has 0 aliphatic carbocycles. The summed E-state index contributed by atoms with van der Waals surface area (Å²) in [6.45, 7) is 12.0. The molecule has 1 aromatic carbocycles. The molecule has 1 aliphatic heterocycles. The summed E-state index contributed by atoms with van der Waals surface area (Å²) in [5.74, 6) is 2.76. The molecule has 0 saturated carbocycles. The minimum absolute atomic E-state index is 0.141. The molecule has 6 heteroatoms. The monoisotopic (exact) mass is 391 g/mol. The lowest BCUT2D eigenvalue weighted by Gasteiger charge is -2.40. The maximum absolute atomic E-state index is 6.10. The van der Waals surface area contributed by atoms with Crippen LogP contribution in [0.5, 0.6) is 11.5 Å². The van der Waals surface area contributed by atoms with Crippen LogP contribution >= 0.6 is 0 Å². The topological polar surface area (TPSA) is 64.1 Å². The standard InChI is InChI=1S/C22H37N3O3/c1-7-23-21(24-14-16-10-11-18(26-5)19(13-16)27-6)25-15-17-9-8-12-28-20(17)22(2,3)4/h10-11,13,17,20H,7-9,12,14-15H2,1-6H3,(H2,23,24,25). The number of nitrogens with zero attached hydrogens (tertiary/aromatic N) is 1. The van der Waals surface area contributed by atoms with E-state index in [1.54, 1.807) is 14.2 Å². The van der Waals surface area contributed by atoms with Gasteiger partial charge in [-0.25, -0.2) is 4.99 Å². The second kappa shape index (κ2) is 10.6. The molecule has 2 rings (SSSR count). The number of methoxy groups -OCH3 is 2. The minimum Gasteiger partial charge on any atom is -0.493 e. The van der Waals surface area contributed by atoms with Crippen LogP contribution in [0.15, 0.2) is 23.2 Å². The van der Waals surface area contributed by atoms with Crippen molar-refractivity contribution in [3.63, 3.8) is 0 Å². The number of benzene rings is 1. The molecule has 1 fully saturated rings. The molecule has 2 N–H and O–H groups in total. The van der Waals surface area contributed by atoms with Crippen molar-refractivity contribution in [3.05, 3.63) is 23.8 Å². The second-order valence-electron chi connectivity index (χ2n) is 8.33. The van der Waals surface area contributed by atoms with E-state index < -0.39 is 0 Å². The molecule has 158 valence electrons. The molecule has 0 bridgehead atoms. The maximum Gasteiger partial charge on any atom is 0.191 e. The van der Waals surface area contributed by atoms with E-state index in [-0.39, 0.29) is 11.5 Å². The number of hydrogen-bond acceptors (Lipinski definition) is 4. The summed E-state index contributed by atoms with van der Waals surface area (Å²) < 4.78 is 16.8. The van der Waals surface area contributed by atoms with Crippen molar-refractivity contribution >= 4 is 5.96 Å².